The summed E-state index contributed by atoms with van der Waals surface area (Å²) in [5, 5.41) is 0. The van der Waals surface area contributed by atoms with Crippen LogP contribution in [0.3, 0.4) is 0 Å². The fourth-order valence-electron chi connectivity index (χ4n) is 10.5. The molecule has 7 aromatic rings. The van der Waals surface area contributed by atoms with Gasteiger partial charge in [-0.1, -0.05) is 255 Å². The van der Waals surface area contributed by atoms with E-state index in [0.717, 1.165) is 89.4 Å². The first kappa shape index (κ1) is 61.7. The van der Waals surface area contributed by atoms with Gasteiger partial charge in [-0.25, -0.2) is 9.97 Å². The summed E-state index contributed by atoms with van der Waals surface area (Å²) in [6.07, 6.45) is 8.85. The smallest absolute Gasteiger partial charge is 0.104 e. The van der Waals surface area contributed by atoms with Gasteiger partial charge >= 0.3 is 0 Å². The van der Waals surface area contributed by atoms with Crippen molar-refractivity contribution in [2.45, 2.75) is 190 Å². The second-order valence-corrected chi connectivity index (χ2v) is 30.5. The van der Waals surface area contributed by atoms with Crippen molar-refractivity contribution < 1.29 is 22.4 Å². The molecule has 5 heterocycles. The van der Waals surface area contributed by atoms with E-state index in [4.69, 9.17) is 30.5 Å². The Kier molecular flexibility index (Phi) is 17.2. The second-order valence-electron chi connectivity index (χ2n) is 29.9. The number of aryl methyl sites for hydroxylation is 1. The van der Waals surface area contributed by atoms with Crippen LogP contribution >= 0.6 is 8.46 Å². The molecule has 0 saturated carbocycles. The zero-order valence-corrected chi connectivity index (χ0v) is 57.6. The second kappa shape index (κ2) is 22.6. The minimum atomic E-state index is -0.109. The zero-order chi connectivity index (χ0) is 61.0. The van der Waals surface area contributed by atoms with Gasteiger partial charge in [0.25, 0.3) is 0 Å². The first-order valence-electron chi connectivity index (χ1n) is 29.9. The zero-order valence-electron chi connectivity index (χ0n) is 55.6. The van der Waals surface area contributed by atoms with Crippen LogP contribution in [0.5, 0.6) is 0 Å². The molecule has 81 heavy (non-hydrogen) atoms. The molecule has 0 N–H and O–H groups in total. The Balaban J connectivity index is 0.00000179. The average Bonchev–Trinajstić information content (AvgIpc) is 4.34. The predicted octanol–water partition coefficient (Wildman–Crippen LogP) is 20.6. The maximum Gasteiger partial charge on any atom is 0.104 e. The molecule has 0 amide bonds. The molecular weight excluding hydrogens is 1050 g/mol. The number of hydrogen-bond donors (Lipinski definition) is 0. The van der Waals surface area contributed by atoms with Crippen LogP contribution in [-0.4, -0.2) is 24.2 Å². The molecule has 1 atom stereocenters. The van der Waals surface area contributed by atoms with E-state index in [-0.39, 0.29) is 57.4 Å². The standard InChI is InChI=1S/C73H86N4.CH4BP.Zn.H2/c1-43-31-44(33-48(32-43)67(2,3)4)63-55-23-25-57(74-55)64(45-34-49(68(5,6)7)40-50(35-45)69(8,9)10)59-27-29-61(76-59)66(47-38-53(72(17,18)19)42-54(39-47)73(20,21)22)62-30-28-60(77-62)65(58-26-24-56(63)75-58)46-36-51(70(11,12)13)41-52(37-46)71(14,15)16;1-3-2;;/h23-42H,1-22H3;3H,1H3;;1H/q-2;;;/i;;;1+2D. The molecule has 0 saturated heterocycles. The van der Waals surface area contributed by atoms with Crippen molar-refractivity contribution in [1.29, 1.82) is 0 Å². The Hall–Kier alpha value is -5.40. The third-order valence-corrected chi connectivity index (χ3v) is 15.7. The summed E-state index contributed by atoms with van der Waals surface area (Å²) in [6, 6.07) is 37.3. The van der Waals surface area contributed by atoms with E-state index in [1.54, 1.807) is 0 Å². The van der Waals surface area contributed by atoms with E-state index in [9.17, 15) is 0 Å². The van der Waals surface area contributed by atoms with Crippen molar-refractivity contribution in [3.8, 4) is 44.5 Å². The van der Waals surface area contributed by atoms with Crippen molar-refractivity contribution >= 4 is 62.4 Å². The number of fused-ring (bicyclic) bond motifs is 8. The summed E-state index contributed by atoms with van der Waals surface area (Å²) in [4.78, 5) is 23.1. The molecule has 0 fully saturated rings. The Morgan fingerprint density at radius 3 is 0.741 bits per heavy atom. The van der Waals surface area contributed by atoms with E-state index in [1.165, 1.54) is 44.5 Å². The third kappa shape index (κ3) is 13.8. The third-order valence-electron chi connectivity index (χ3n) is 15.7. The molecule has 420 valence electrons. The van der Waals surface area contributed by atoms with E-state index in [1.807, 2.05) is 6.66 Å². The molecule has 0 spiro atoms. The fraction of sp³-hybridized carbons (Fsp3) is 0.405. The Morgan fingerprint density at radius 1 is 0.358 bits per heavy atom. The van der Waals surface area contributed by atoms with Crippen molar-refractivity contribution in [2.75, 3.05) is 6.66 Å². The number of rotatable bonds is 4. The van der Waals surface area contributed by atoms with Gasteiger partial charge in [0.1, 0.15) is 7.57 Å². The van der Waals surface area contributed by atoms with Crippen LogP contribution in [0.25, 0.3) is 90.9 Å². The number of hydrogen-bond acceptors (Lipinski definition) is 2. The maximum absolute atomic E-state index is 5.80. The summed E-state index contributed by atoms with van der Waals surface area (Å²) in [5.74, 6) is 0. The van der Waals surface area contributed by atoms with Crippen LogP contribution in [0, 0.1) is 6.92 Å². The summed E-state index contributed by atoms with van der Waals surface area (Å²) >= 11 is 0. The summed E-state index contributed by atoms with van der Waals surface area (Å²) < 4.78 is 10.0. The van der Waals surface area contributed by atoms with Gasteiger partial charge in [-0.15, -0.1) is 22.1 Å². The molecular formula is C74H92BN4PZn-2. The summed E-state index contributed by atoms with van der Waals surface area (Å²) in [6.45, 7) is 52.6. The monoisotopic (exact) mass is 1150 g/mol. The van der Waals surface area contributed by atoms with Gasteiger partial charge in [0, 0.05) is 22.4 Å². The van der Waals surface area contributed by atoms with Gasteiger partial charge in [-0.2, -0.15) is 8.46 Å². The van der Waals surface area contributed by atoms with Crippen molar-refractivity contribution in [3.63, 3.8) is 0 Å². The van der Waals surface area contributed by atoms with Crippen LogP contribution in [0.15, 0.2) is 97.1 Å². The fourth-order valence-corrected chi connectivity index (χ4v) is 10.5. The molecule has 7 heteroatoms. The van der Waals surface area contributed by atoms with Gasteiger partial charge in [0.2, 0.25) is 0 Å². The molecule has 0 aliphatic carbocycles. The molecule has 4 aromatic carbocycles. The van der Waals surface area contributed by atoms with E-state index in [0.29, 0.717) is 8.46 Å². The number of benzene rings is 4. The largest absolute Gasteiger partial charge is 0.657 e. The van der Waals surface area contributed by atoms with Gasteiger partial charge in [0.15, 0.2) is 0 Å². The molecule has 2 radical (unpaired) electrons. The van der Waals surface area contributed by atoms with Gasteiger partial charge in [-0.05, 0) is 153 Å². The van der Waals surface area contributed by atoms with Crippen LogP contribution in [-0.2, 0) is 57.4 Å². The van der Waals surface area contributed by atoms with E-state index >= 15 is 0 Å². The summed E-state index contributed by atoms with van der Waals surface area (Å²) in [5.41, 5.74) is 24.8. The molecule has 9 rings (SSSR count). The quantitative estimate of drug-likeness (QED) is 0.130. The average molecular weight is 1150 g/mol. The SMILES string of the molecule is Cc1cc(-c2c3nc(c(-c4cc(C(C)(C)C)cc(C(C)(C)C)c4)c4ccc([n-]4)c(-c4cc(C(C)(C)C)cc(C(C)(C)C)c4)c4nc(c(-c5cc(C(C)(C)C)cc(C(C)(C)C)c5)c5ccc2[n-]5)C=C4)C=C3)cc(C(C)(C)C)c1.[2H][3H].[B]PC.[Zn]. The van der Waals surface area contributed by atoms with Crippen LogP contribution < -0.4 is 9.97 Å². The Bertz CT molecular complexity index is 3600. The molecule has 2 aliphatic rings. The molecule has 2 aliphatic heterocycles. The molecule has 1 unspecified atom stereocenters. The maximum atomic E-state index is 5.80. The minimum Gasteiger partial charge on any atom is -0.657 e. The van der Waals surface area contributed by atoms with Gasteiger partial charge < -0.3 is 9.97 Å². The molecule has 3 aromatic heterocycles. The molecule has 4 nitrogen and oxygen atoms in total. The van der Waals surface area contributed by atoms with Crippen molar-refractivity contribution in [2.24, 2.45) is 0 Å². The Morgan fingerprint density at radius 2 is 0.543 bits per heavy atom. The minimum absolute atomic E-state index is 0. The normalized spacial score (nSPS) is 13.5. The first-order valence-corrected chi connectivity index (χ1v) is 30.5. The molecule has 8 bridgehead atoms. The van der Waals surface area contributed by atoms with Crippen LogP contribution in [0.4, 0.5) is 0 Å². The van der Waals surface area contributed by atoms with E-state index in [2.05, 4.69) is 274 Å². The van der Waals surface area contributed by atoms with E-state index < -0.39 is 0 Å². The number of aromatic nitrogens is 4. The first-order chi connectivity index (χ1) is 37.8. The van der Waals surface area contributed by atoms with Crippen LogP contribution in [0.1, 0.15) is 216 Å². The van der Waals surface area contributed by atoms with Gasteiger partial charge in [-0.3, -0.25) is 0 Å². The van der Waals surface area contributed by atoms with Crippen LogP contribution in [0.2, 0.25) is 0 Å². The predicted molar refractivity (Wildman–Crippen MR) is 356 cm³/mol. The Labute approximate surface area is 507 Å². The van der Waals surface area contributed by atoms with Crippen molar-refractivity contribution in [1.82, 2.24) is 19.9 Å². The van der Waals surface area contributed by atoms with Gasteiger partial charge in [0.05, 0.1) is 22.8 Å². The topological polar surface area (TPSA) is 54.0 Å². The summed E-state index contributed by atoms with van der Waals surface area (Å²) in [7, 11) is 5.46. The van der Waals surface area contributed by atoms with Crippen molar-refractivity contribution in [3.05, 3.63) is 164 Å². The number of nitrogens with zero attached hydrogens (tertiary/aromatic N) is 4.